The molecule has 0 aromatic rings. The Labute approximate surface area is 85.1 Å². The number of carbonyl (C=O) groups is 1. The van der Waals surface area contributed by atoms with Gasteiger partial charge in [0.25, 0.3) is 0 Å². The smallest absolute Gasteiger partial charge is 0.322 e. The molecule has 1 aliphatic carbocycles. The third kappa shape index (κ3) is 1.59. The molecular weight excluding hydrogens is 204 g/mol. The van der Waals surface area contributed by atoms with Crippen molar-refractivity contribution >= 4 is 16.8 Å². The molecule has 80 valence electrons. The van der Waals surface area contributed by atoms with Gasteiger partial charge in [-0.15, -0.1) is 0 Å². The maximum absolute atomic E-state index is 12.0. The van der Waals surface area contributed by atoms with Gasteiger partial charge in [-0.25, -0.2) is 0 Å². The number of aliphatic carboxylic acids is 1. The number of carboxylic acids is 1. The zero-order valence-electron chi connectivity index (χ0n) is 7.90. The fraction of sp³-hybridized carbons (Fsp3) is 0.889. The van der Waals surface area contributed by atoms with Gasteiger partial charge in [0.05, 0.1) is 0 Å². The van der Waals surface area contributed by atoms with Crippen LogP contribution in [0.2, 0.25) is 0 Å². The highest BCUT2D eigenvalue weighted by Crippen LogP contribution is 2.44. The van der Waals surface area contributed by atoms with Crippen LogP contribution in [0.3, 0.4) is 0 Å². The molecule has 2 aliphatic rings. The fourth-order valence-electron chi connectivity index (χ4n) is 1.82. The second kappa shape index (κ2) is 3.62. The topological polar surface area (TPSA) is 63.6 Å². The van der Waals surface area contributed by atoms with Crippen molar-refractivity contribution in [1.29, 1.82) is 0 Å². The molecule has 0 bridgehead atoms. The Morgan fingerprint density at radius 2 is 1.93 bits per heavy atom. The van der Waals surface area contributed by atoms with E-state index in [0.29, 0.717) is 26.1 Å². The third-order valence-electron chi connectivity index (χ3n) is 2.95. The van der Waals surface area contributed by atoms with Crippen LogP contribution >= 0.6 is 0 Å². The second-order valence-electron chi connectivity index (χ2n) is 3.91. The van der Waals surface area contributed by atoms with Gasteiger partial charge in [-0.05, 0) is 25.7 Å². The lowest BCUT2D eigenvalue weighted by molar-refractivity contribution is -0.137. The van der Waals surface area contributed by atoms with Crippen LogP contribution < -0.4 is 0 Å². The molecule has 1 saturated carbocycles. The molecule has 0 amide bonds. The fourth-order valence-corrected chi connectivity index (χ4v) is 3.76. The quantitative estimate of drug-likeness (QED) is 0.750. The van der Waals surface area contributed by atoms with E-state index in [1.165, 1.54) is 0 Å². The maximum atomic E-state index is 12.0. The first kappa shape index (κ1) is 10.1. The van der Waals surface area contributed by atoms with Gasteiger partial charge in [-0.3, -0.25) is 9.00 Å². The molecule has 14 heavy (non-hydrogen) atoms. The second-order valence-corrected chi connectivity index (χ2v) is 5.95. The number of rotatable bonds is 3. The number of hydrogen-bond donors (Lipinski definition) is 1. The van der Waals surface area contributed by atoms with Crippen molar-refractivity contribution < 1.29 is 18.8 Å². The van der Waals surface area contributed by atoms with Gasteiger partial charge in [0.15, 0.2) is 0 Å². The molecule has 2 rings (SSSR count). The Balaban J connectivity index is 2.04. The van der Waals surface area contributed by atoms with E-state index in [9.17, 15) is 9.00 Å². The van der Waals surface area contributed by atoms with E-state index in [1.807, 2.05) is 0 Å². The molecule has 1 saturated heterocycles. The van der Waals surface area contributed by atoms with E-state index in [2.05, 4.69) is 0 Å². The average Bonchev–Trinajstić information content (AvgIpc) is 2.99. The normalized spacial score (nSPS) is 28.3. The Morgan fingerprint density at radius 1 is 1.36 bits per heavy atom. The van der Waals surface area contributed by atoms with Crippen LogP contribution in [0, 0.1) is 0 Å². The monoisotopic (exact) mass is 218 g/mol. The van der Waals surface area contributed by atoms with Crippen LogP contribution in [0.15, 0.2) is 0 Å². The summed E-state index contributed by atoms with van der Waals surface area (Å²) < 4.78 is 16.3. The van der Waals surface area contributed by atoms with Crippen LogP contribution in [0.5, 0.6) is 0 Å². The Kier molecular flexibility index (Phi) is 2.62. The standard InChI is InChI=1S/C9H14O4S/c10-8(11)9(3-4-9)14(12)7-1-5-13-6-2-7/h7H,1-6H2,(H,10,11). The summed E-state index contributed by atoms with van der Waals surface area (Å²) in [5.41, 5.74) is 0. The predicted octanol–water partition coefficient (Wildman–Crippen LogP) is 0.531. The minimum atomic E-state index is -1.22. The molecule has 0 spiro atoms. The lowest BCUT2D eigenvalue weighted by Crippen LogP contribution is -2.37. The van der Waals surface area contributed by atoms with Crippen molar-refractivity contribution in [3.8, 4) is 0 Å². The first-order valence-corrected chi connectivity index (χ1v) is 6.10. The Morgan fingerprint density at radius 3 is 2.36 bits per heavy atom. The summed E-state index contributed by atoms with van der Waals surface area (Å²) in [5.74, 6) is -0.887. The van der Waals surface area contributed by atoms with Gasteiger partial charge in [0, 0.05) is 29.3 Å². The summed E-state index contributed by atoms with van der Waals surface area (Å²) in [6.45, 7) is 1.23. The summed E-state index contributed by atoms with van der Waals surface area (Å²) in [6.07, 6.45) is 2.63. The number of ether oxygens (including phenoxy) is 1. The summed E-state index contributed by atoms with van der Waals surface area (Å²) in [5, 5.41) is 9.01. The zero-order chi connectivity index (χ0) is 10.2. The van der Waals surface area contributed by atoms with Crippen LogP contribution in [0.1, 0.15) is 25.7 Å². The molecule has 0 aromatic heterocycles. The van der Waals surface area contributed by atoms with E-state index >= 15 is 0 Å². The Hall–Kier alpha value is -0.420. The molecule has 1 N–H and O–H groups in total. The highest BCUT2D eigenvalue weighted by atomic mass is 32.2. The largest absolute Gasteiger partial charge is 0.480 e. The summed E-state index contributed by atoms with van der Waals surface area (Å²) in [4.78, 5) is 10.9. The van der Waals surface area contributed by atoms with Crippen molar-refractivity contribution in [3.63, 3.8) is 0 Å². The summed E-state index contributed by atoms with van der Waals surface area (Å²) in [6, 6.07) is 0. The average molecular weight is 218 g/mol. The van der Waals surface area contributed by atoms with Gasteiger partial charge in [-0.1, -0.05) is 0 Å². The molecule has 2 fully saturated rings. The van der Waals surface area contributed by atoms with Crippen molar-refractivity contribution in [2.75, 3.05) is 13.2 Å². The van der Waals surface area contributed by atoms with Crippen LogP contribution in [-0.2, 0) is 20.3 Å². The molecule has 5 heteroatoms. The van der Waals surface area contributed by atoms with E-state index in [1.54, 1.807) is 0 Å². The molecule has 4 nitrogen and oxygen atoms in total. The maximum Gasteiger partial charge on any atom is 0.322 e. The van der Waals surface area contributed by atoms with Crippen molar-refractivity contribution in [2.45, 2.75) is 35.7 Å². The summed E-state index contributed by atoms with van der Waals surface area (Å²) >= 11 is 0. The molecular formula is C9H14O4S. The molecule has 0 radical (unpaired) electrons. The number of hydrogen-bond acceptors (Lipinski definition) is 3. The van der Waals surface area contributed by atoms with Gasteiger partial charge in [0.1, 0.15) is 4.75 Å². The van der Waals surface area contributed by atoms with Gasteiger partial charge in [-0.2, -0.15) is 0 Å². The lowest BCUT2D eigenvalue weighted by Gasteiger charge is -2.24. The Bertz CT molecular complexity index is 266. The zero-order valence-corrected chi connectivity index (χ0v) is 8.72. The summed E-state index contributed by atoms with van der Waals surface area (Å²) in [7, 11) is -1.22. The SMILES string of the molecule is O=C(O)C1(S(=O)C2CCOCC2)CC1. The van der Waals surface area contributed by atoms with Crippen molar-refractivity contribution in [3.05, 3.63) is 0 Å². The molecule has 1 aliphatic heterocycles. The van der Waals surface area contributed by atoms with E-state index in [-0.39, 0.29) is 5.25 Å². The highest BCUT2D eigenvalue weighted by Gasteiger charge is 2.57. The molecule has 1 heterocycles. The molecule has 0 aromatic carbocycles. The predicted molar refractivity (Wildman–Crippen MR) is 51.6 cm³/mol. The minimum absolute atomic E-state index is 0.0300. The third-order valence-corrected chi connectivity index (χ3v) is 5.38. The van der Waals surface area contributed by atoms with Crippen molar-refractivity contribution in [1.82, 2.24) is 0 Å². The van der Waals surface area contributed by atoms with Crippen LogP contribution in [0.25, 0.3) is 0 Å². The van der Waals surface area contributed by atoms with Crippen LogP contribution in [-0.4, -0.2) is 38.5 Å². The van der Waals surface area contributed by atoms with E-state index in [4.69, 9.17) is 9.84 Å². The first-order chi connectivity index (χ1) is 6.67. The van der Waals surface area contributed by atoms with Gasteiger partial charge >= 0.3 is 5.97 Å². The first-order valence-electron chi connectivity index (χ1n) is 4.89. The van der Waals surface area contributed by atoms with E-state index < -0.39 is 21.5 Å². The van der Waals surface area contributed by atoms with Gasteiger partial charge < -0.3 is 9.84 Å². The molecule has 1 atom stereocenters. The minimum Gasteiger partial charge on any atom is -0.480 e. The van der Waals surface area contributed by atoms with Crippen LogP contribution in [0.4, 0.5) is 0 Å². The number of carboxylic acid groups (broad SMARTS) is 1. The van der Waals surface area contributed by atoms with Gasteiger partial charge in [0.2, 0.25) is 0 Å². The van der Waals surface area contributed by atoms with Crippen molar-refractivity contribution in [2.24, 2.45) is 0 Å². The molecule has 1 unspecified atom stereocenters. The van der Waals surface area contributed by atoms with E-state index in [0.717, 1.165) is 12.8 Å². The highest BCUT2D eigenvalue weighted by molar-refractivity contribution is 7.88. The lowest BCUT2D eigenvalue weighted by atomic mass is 10.2.